The molecular formula is C21H32N6+2. The number of benzene rings is 1. The highest BCUT2D eigenvalue weighted by Crippen LogP contribution is 2.31. The lowest BCUT2D eigenvalue weighted by molar-refractivity contribution is -1.02. The van der Waals surface area contributed by atoms with Crippen molar-refractivity contribution in [2.45, 2.75) is 44.7 Å². The maximum atomic E-state index is 4.55. The minimum Gasteiger partial charge on any atom is -0.322 e. The maximum Gasteiger partial charge on any atom is 0.214 e. The van der Waals surface area contributed by atoms with Crippen LogP contribution in [0, 0.1) is 6.92 Å². The molecule has 2 heterocycles. The molecule has 2 fully saturated rings. The Kier molecular flexibility index (Phi) is 5.64. The van der Waals surface area contributed by atoms with Crippen LogP contribution >= 0.6 is 0 Å². The molecule has 0 radical (unpaired) electrons. The van der Waals surface area contributed by atoms with Crippen molar-refractivity contribution in [2.24, 2.45) is 0 Å². The van der Waals surface area contributed by atoms with Crippen LogP contribution in [0.15, 0.2) is 36.9 Å². The van der Waals surface area contributed by atoms with Crippen molar-refractivity contribution in [3.8, 4) is 0 Å². The van der Waals surface area contributed by atoms with Crippen LogP contribution in [-0.4, -0.2) is 52.9 Å². The monoisotopic (exact) mass is 368 g/mol. The summed E-state index contributed by atoms with van der Waals surface area (Å²) in [6.07, 6.45) is 7.01. The van der Waals surface area contributed by atoms with Crippen molar-refractivity contribution in [3.05, 3.63) is 53.9 Å². The first-order chi connectivity index (χ1) is 13.3. The molecule has 2 aliphatic rings. The van der Waals surface area contributed by atoms with Gasteiger partial charge in [-0.2, -0.15) is 0 Å². The third kappa shape index (κ3) is 3.96. The van der Waals surface area contributed by atoms with Crippen molar-refractivity contribution in [3.63, 3.8) is 0 Å². The number of nitrogens with zero attached hydrogens (tertiary/aromatic N) is 4. The zero-order valence-electron chi connectivity index (χ0n) is 16.4. The molecule has 2 N–H and O–H groups in total. The predicted molar refractivity (Wildman–Crippen MR) is 105 cm³/mol. The molecule has 1 saturated carbocycles. The Morgan fingerprint density at radius 2 is 1.85 bits per heavy atom. The molecule has 144 valence electrons. The van der Waals surface area contributed by atoms with Gasteiger partial charge in [0, 0.05) is 5.56 Å². The Labute approximate surface area is 161 Å². The van der Waals surface area contributed by atoms with Crippen molar-refractivity contribution in [1.29, 1.82) is 0 Å². The lowest BCUT2D eigenvalue weighted by Crippen LogP contribution is -3.28. The van der Waals surface area contributed by atoms with E-state index in [1.807, 2.05) is 6.08 Å². The summed E-state index contributed by atoms with van der Waals surface area (Å²) < 4.78 is 2.15. The third-order valence-corrected chi connectivity index (χ3v) is 6.30. The second-order valence-electron chi connectivity index (χ2n) is 8.16. The van der Waals surface area contributed by atoms with Gasteiger partial charge in [0.15, 0.2) is 6.04 Å². The predicted octanol–water partition coefficient (Wildman–Crippen LogP) is 0.155. The molecule has 1 aliphatic heterocycles. The molecule has 1 aliphatic carbocycles. The molecule has 0 bridgehead atoms. The van der Waals surface area contributed by atoms with Gasteiger partial charge in [-0.3, -0.25) is 0 Å². The van der Waals surface area contributed by atoms with E-state index in [4.69, 9.17) is 0 Å². The molecule has 4 rings (SSSR count). The summed E-state index contributed by atoms with van der Waals surface area (Å²) in [5.41, 5.74) is 2.62. The highest BCUT2D eigenvalue weighted by atomic mass is 15.6. The molecule has 0 unspecified atom stereocenters. The second kappa shape index (κ2) is 8.31. The third-order valence-electron chi connectivity index (χ3n) is 6.30. The Morgan fingerprint density at radius 1 is 1.15 bits per heavy atom. The fourth-order valence-corrected chi connectivity index (χ4v) is 4.75. The van der Waals surface area contributed by atoms with Gasteiger partial charge in [-0.05, 0) is 36.3 Å². The van der Waals surface area contributed by atoms with Crippen molar-refractivity contribution >= 4 is 0 Å². The summed E-state index contributed by atoms with van der Waals surface area (Å²) >= 11 is 0. The van der Waals surface area contributed by atoms with E-state index >= 15 is 0 Å². The summed E-state index contributed by atoms with van der Waals surface area (Å²) in [6.45, 7) is 11.7. The Morgan fingerprint density at radius 3 is 2.52 bits per heavy atom. The van der Waals surface area contributed by atoms with E-state index in [9.17, 15) is 0 Å². The minimum atomic E-state index is 0.214. The summed E-state index contributed by atoms with van der Waals surface area (Å²) in [5.74, 6) is 1.05. The molecule has 1 aromatic heterocycles. The standard InChI is InChI=1S/C21H30N6/c1-3-12-25-13-15-26(16-14-25)20(18-10-8-17(2)9-11-18)21-22-23-24-27(21)19-6-4-5-7-19/h3,8-11,19-20H,1,4-7,12-16H2,2H3/p+2/t20-/m1/s1. The molecule has 1 aromatic carbocycles. The van der Waals surface area contributed by atoms with Crippen LogP contribution in [0.4, 0.5) is 0 Å². The summed E-state index contributed by atoms with van der Waals surface area (Å²) in [5, 5.41) is 13.1. The normalized spacial score (nSPS) is 24.8. The van der Waals surface area contributed by atoms with Gasteiger partial charge in [0.05, 0.1) is 12.6 Å². The number of aryl methyl sites for hydroxylation is 1. The summed E-state index contributed by atoms with van der Waals surface area (Å²) in [4.78, 5) is 3.22. The number of piperazine rings is 1. The van der Waals surface area contributed by atoms with Crippen LogP contribution in [0.1, 0.15) is 54.7 Å². The summed E-state index contributed by atoms with van der Waals surface area (Å²) in [6, 6.07) is 9.64. The smallest absolute Gasteiger partial charge is 0.214 e. The quantitative estimate of drug-likeness (QED) is 0.714. The zero-order valence-corrected chi connectivity index (χ0v) is 16.4. The molecule has 6 heteroatoms. The van der Waals surface area contributed by atoms with Gasteiger partial charge >= 0.3 is 0 Å². The number of tetrazole rings is 1. The Hall–Kier alpha value is -2.05. The number of quaternary nitrogens is 2. The lowest BCUT2D eigenvalue weighted by Gasteiger charge is -2.34. The van der Waals surface area contributed by atoms with Crippen molar-refractivity contribution in [1.82, 2.24) is 20.2 Å². The molecule has 27 heavy (non-hydrogen) atoms. The number of nitrogens with one attached hydrogen (secondary N) is 2. The highest BCUT2D eigenvalue weighted by molar-refractivity contribution is 5.26. The second-order valence-corrected chi connectivity index (χ2v) is 8.16. The number of rotatable bonds is 6. The number of hydrogen-bond acceptors (Lipinski definition) is 3. The van der Waals surface area contributed by atoms with E-state index < -0.39 is 0 Å². The van der Waals surface area contributed by atoms with E-state index in [1.54, 1.807) is 9.80 Å². The van der Waals surface area contributed by atoms with Gasteiger partial charge in [-0.25, -0.2) is 4.68 Å². The molecule has 1 atom stereocenters. The first-order valence-electron chi connectivity index (χ1n) is 10.4. The van der Waals surface area contributed by atoms with Gasteiger partial charge in [0.2, 0.25) is 5.82 Å². The highest BCUT2D eigenvalue weighted by Gasteiger charge is 2.36. The topological polar surface area (TPSA) is 52.5 Å². The summed E-state index contributed by atoms with van der Waals surface area (Å²) in [7, 11) is 0. The van der Waals surface area contributed by atoms with Gasteiger partial charge in [0.25, 0.3) is 0 Å². The van der Waals surface area contributed by atoms with Crippen LogP contribution in [0.5, 0.6) is 0 Å². The SMILES string of the molecule is C=CC[NH+]1CC[NH+]([C@H](c2ccc(C)cc2)c2nnnn2C2CCCC2)CC1. The molecule has 1 saturated heterocycles. The van der Waals surface area contributed by atoms with E-state index in [0.717, 1.165) is 25.5 Å². The van der Waals surface area contributed by atoms with Crippen LogP contribution < -0.4 is 9.80 Å². The first-order valence-corrected chi connectivity index (χ1v) is 10.4. The van der Waals surface area contributed by atoms with E-state index in [1.165, 1.54) is 49.9 Å². The van der Waals surface area contributed by atoms with Gasteiger partial charge in [-0.15, -0.1) is 5.10 Å². The van der Waals surface area contributed by atoms with Gasteiger partial charge < -0.3 is 9.80 Å². The molecule has 0 amide bonds. The largest absolute Gasteiger partial charge is 0.322 e. The lowest BCUT2D eigenvalue weighted by atomic mass is 10.0. The van der Waals surface area contributed by atoms with Crippen molar-refractivity contribution in [2.75, 3.05) is 32.7 Å². The fourth-order valence-electron chi connectivity index (χ4n) is 4.75. The van der Waals surface area contributed by atoms with Gasteiger partial charge in [-0.1, -0.05) is 49.2 Å². The average molecular weight is 369 g/mol. The van der Waals surface area contributed by atoms with Crippen LogP contribution in [0.2, 0.25) is 0 Å². The van der Waals surface area contributed by atoms with Crippen molar-refractivity contribution < 1.29 is 9.80 Å². The maximum absolute atomic E-state index is 4.55. The zero-order chi connectivity index (χ0) is 18.6. The molecule has 0 spiro atoms. The Balaban J connectivity index is 1.64. The first kappa shape index (κ1) is 18.3. The van der Waals surface area contributed by atoms with Crippen LogP contribution in [0.25, 0.3) is 0 Å². The average Bonchev–Trinajstić information content (AvgIpc) is 3.37. The van der Waals surface area contributed by atoms with E-state index in [-0.39, 0.29) is 6.04 Å². The fraction of sp³-hybridized carbons (Fsp3) is 0.571. The minimum absolute atomic E-state index is 0.214. The molecular weight excluding hydrogens is 336 g/mol. The Bertz CT molecular complexity index is 738. The van der Waals surface area contributed by atoms with Crippen LogP contribution in [0.3, 0.4) is 0 Å². The van der Waals surface area contributed by atoms with Crippen LogP contribution in [-0.2, 0) is 0 Å². The van der Waals surface area contributed by atoms with Gasteiger partial charge in [0.1, 0.15) is 26.2 Å². The molecule has 6 nitrogen and oxygen atoms in total. The molecule has 2 aromatic rings. The van der Waals surface area contributed by atoms with E-state index in [0.29, 0.717) is 6.04 Å². The van der Waals surface area contributed by atoms with E-state index in [2.05, 4.69) is 58.0 Å². The number of hydrogen-bond donors (Lipinski definition) is 2. The number of aromatic nitrogens is 4.